The van der Waals surface area contributed by atoms with Gasteiger partial charge >= 0.3 is 11.9 Å². The summed E-state index contributed by atoms with van der Waals surface area (Å²) < 4.78 is 10.2. The molecule has 0 aliphatic rings. The van der Waals surface area contributed by atoms with Crippen LogP contribution in [-0.2, 0) is 19.1 Å². The van der Waals surface area contributed by atoms with Gasteiger partial charge in [0.05, 0.1) is 6.61 Å². The Morgan fingerprint density at radius 3 is 2.32 bits per heavy atom. The van der Waals surface area contributed by atoms with Gasteiger partial charge in [0.2, 0.25) is 0 Å². The highest BCUT2D eigenvalue weighted by molar-refractivity contribution is 7.15. The van der Waals surface area contributed by atoms with E-state index in [-0.39, 0.29) is 12.2 Å². The second kappa shape index (κ2) is 10.9. The molecule has 0 aliphatic carbocycles. The van der Waals surface area contributed by atoms with Crippen molar-refractivity contribution in [3.05, 3.63) is 83.2 Å². The highest BCUT2D eigenvalue weighted by Crippen LogP contribution is 2.36. The van der Waals surface area contributed by atoms with Crippen LogP contribution in [0, 0.1) is 0 Å². The van der Waals surface area contributed by atoms with E-state index in [1.54, 1.807) is 18.4 Å². The lowest BCUT2D eigenvalue weighted by molar-refractivity contribution is -0.142. The van der Waals surface area contributed by atoms with Crippen molar-refractivity contribution in [3.63, 3.8) is 0 Å². The molecular weight excluding hydrogens is 414 g/mol. The van der Waals surface area contributed by atoms with E-state index in [0.717, 1.165) is 11.1 Å². The Hall–Kier alpha value is -3.71. The molecule has 0 atom stereocenters. The summed E-state index contributed by atoms with van der Waals surface area (Å²) in [6.07, 6.45) is 2.86. The maximum Gasteiger partial charge on any atom is 0.341 e. The number of hydrogen-bond donors (Lipinski definition) is 1. The Morgan fingerprint density at radius 1 is 0.968 bits per heavy atom. The van der Waals surface area contributed by atoms with Crippen molar-refractivity contribution >= 4 is 40.3 Å². The summed E-state index contributed by atoms with van der Waals surface area (Å²) in [6, 6.07) is 18.6. The molecule has 0 unspecified atom stereocenters. The van der Waals surface area contributed by atoms with E-state index in [1.807, 2.05) is 60.7 Å². The molecule has 1 heterocycles. The number of rotatable bonds is 8. The molecule has 3 aromatic rings. The van der Waals surface area contributed by atoms with Gasteiger partial charge < -0.3 is 14.8 Å². The molecule has 7 heteroatoms. The molecule has 0 radical (unpaired) electrons. The predicted octanol–water partition coefficient (Wildman–Crippen LogP) is 4.79. The maximum absolute atomic E-state index is 12.5. The first-order valence-corrected chi connectivity index (χ1v) is 10.5. The van der Waals surface area contributed by atoms with Gasteiger partial charge in [-0.25, -0.2) is 9.59 Å². The molecular formula is C24H21NO5S. The number of amides is 1. The first kappa shape index (κ1) is 22.0. The Bertz CT molecular complexity index is 1070. The monoisotopic (exact) mass is 435 g/mol. The van der Waals surface area contributed by atoms with Gasteiger partial charge in [0.1, 0.15) is 10.6 Å². The van der Waals surface area contributed by atoms with Crippen LogP contribution in [0.2, 0.25) is 0 Å². The van der Waals surface area contributed by atoms with Crippen LogP contribution < -0.4 is 5.32 Å². The minimum Gasteiger partial charge on any atom is -0.462 e. The van der Waals surface area contributed by atoms with E-state index >= 15 is 0 Å². The molecule has 0 fully saturated rings. The van der Waals surface area contributed by atoms with Gasteiger partial charge in [-0.15, -0.1) is 11.3 Å². The van der Waals surface area contributed by atoms with Gasteiger partial charge in [-0.1, -0.05) is 60.7 Å². The minimum absolute atomic E-state index is 0.210. The quantitative estimate of drug-likeness (QED) is 0.407. The Balaban J connectivity index is 1.66. The van der Waals surface area contributed by atoms with Crippen molar-refractivity contribution in [1.82, 2.24) is 0 Å². The molecule has 158 valence electrons. The molecule has 6 nitrogen and oxygen atoms in total. The Morgan fingerprint density at radius 2 is 1.65 bits per heavy atom. The number of carbonyl (C=O) groups excluding carboxylic acids is 3. The third kappa shape index (κ3) is 6.13. The zero-order valence-corrected chi connectivity index (χ0v) is 17.7. The van der Waals surface area contributed by atoms with E-state index in [0.29, 0.717) is 10.6 Å². The third-order valence-corrected chi connectivity index (χ3v) is 5.06. The van der Waals surface area contributed by atoms with Crippen molar-refractivity contribution in [2.24, 2.45) is 0 Å². The van der Waals surface area contributed by atoms with E-state index < -0.39 is 24.5 Å². The van der Waals surface area contributed by atoms with E-state index in [9.17, 15) is 14.4 Å². The number of benzene rings is 2. The van der Waals surface area contributed by atoms with Crippen molar-refractivity contribution in [2.75, 3.05) is 18.5 Å². The van der Waals surface area contributed by atoms with Crippen LogP contribution in [0.5, 0.6) is 0 Å². The molecule has 3 rings (SSSR count). The number of carbonyl (C=O) groups is 3. The summed E-state index contributed by atoms with van der Waals surface area (Å²) >= 11 is 1.21. The number of anilines is 1. The van der Waals surface area contributed by atoms with Crippen molar-refractivity contribution in [2.45, 2.75) is 6.92 Å². The van der Waals surface area contributed by atoms with Crippen LogP contribution in [0.15, 0.2) is 72.1 Å². The summed E-state index contributed by atoms with van der Waals surface area (Å²) in [5.74, 6) is -1.71. The Kier molecular flexibility index (Phi) is 7.73. The first-order valence-electron chi connectivity index (χ1n) is 9.62. The fourth-order valence-electron chi connectivity index (χ4n) is 2.76. The molecule has 0 aliphatic heterocycles. The van der Waals surface area contributed by atoms with Crippen molar-refractivity contribution < 1.29 is 23.9 Å². The molecule has 0 bridgehead atoms. The van der Waals surface area contributed by atoms with E-state index in [4.69, 9.17) is 9.47 Å². The van der Waals surface area contributed by atoms with Crippen LogP contribution >= 0.6 is 11.3 Å². The molecule has 1 N–H and O–H groups in total. The average molecular weight is 436 g/mol. The van der Waals surface area contributed by atoms with Crippen LogP contribution in [0.1, 0.15) is 22.8 Å². The summed E-state index contributed by atoms with van der Waals surface area (Å²) in [5, 5.41) is 4.78. The van der Waals surface area contributed by atoms with Crippen molar-refractivity contribution in [3.8, 4) is 11.1 Å². The van der Waals surface area contributed by atoms with Gasteiger partial charge in [-0.05, 0) is 24.1 Å². The fraction of sp³-hybridized carbons (Fsp3) is 0.125. The van der Waals surface area contributed by atoms with Crippen LogP contribution in [0.3, 0.4) is 0 Å². The molecule has 1 aromatic heterocycles. The van der Waals surface area contributed by atoms with Gasteiger partial charge in [-0.2, -0.15) is 0 Å². The first-order chi connectivity index (χ1) is 15.1. The maximum atomic E-state index is 12.5. The minimum atomic E-state index is -0.638. The molecule has 2 aromatic carbocycles. The number of esters is 2. The molecule has 0 spiro atoms. The Labute approximate surface area is 184 Å². The summed E-state index contributed by atoms with van der Waals surface area (Å²) in [4.78, 5) is 36.7. The predicted molar refractivity (Wildman–Crippen MR) is 121 cm³/mol. The molecule has 0 saturated carbocycles. The third-order valence-electron chi connectivity index (χ3n) is 4.17. The number of ether oxygens (including phenoxy) is 2. The zero-order valence-electron chi connectivity index (χ0n) is 16.9. The SMILES string of the molecule is CCOC(=O)c1c(-c2ccccc2)csc1NC(=O)COC(=O)C=Cc1ccccc1. The van der Waals surface area contributed by atoms with Crippen molar-refractivity contribution in [1.29, 1.82) is 0 Å². The number of nitrogens with one attached hydrogen (secondary N) is 1. The zero-order chi connectivity index (χ0) is 22.1. The van der Waals surface area contributed by atoms with Crippen LogP contribution in [0.4, 0.5) is 5.00 Å². The highest BCUT2D eigenvalue weighted by atomic mass is 32.1. The second-order valence-corrected chi connectivity index (χ2v) is 7.22. The van der Waals surface area contributed by atoms with Gasteiger partial charge in [0, 0.05) is 17.0 Å². The fourth-order valence-corrected chi connectivity index (χ4v) is 3.74. The van der Waals surface area contributed by atoms with Gasteiger partial charge in [0.15, 0.2) is 6.61 Å². The van der Waals surface area contributed by atoms with E-state index in [2.05, 4.69) is 5.32 Å². The normalized spacial score (nSPS) is 10.6. The van der Waals surface area contributed by atoms with Gasteiger partial charge in [0.25, 0.3) is 5.91 Å². The van der Waals surface area contributed by atoms with Crippen LogP contribution in [0.25, 0.3) is 17.2 Å². The van der Waals surface area contributed by atoms with Crippen LogP contribution in [-0.4, -0.2) is 31.1 Å². The molecule has 1 amide bonds. The lowest BCUT2D eigenvalue weighted by Crippen LogP contribution is -2.21. The lowest BCUT2D eigenvalue weighted by Gasteiger charge is -2.09. The summed E-state index contributed by atoms with van der Waals surface area (Å²) in [6.45, 7) is 1.45. The number of hydrogen-bond acceptors (Lipinski definition) is 6. The average Bonchev–Trinajstić information content (AvgIpc) is 3.21. The second-order valence-electron chi connectivity index (χ2n) is 6.34. The van der Waals surface area contributed by atoms with Gasteiger partial charge in [-0.3, -0.25) is 4.79 Å². The molecule has 31 heavy (non-hydrogen) atoms. The number of thiophene rings is 1. The topological polar surface area (TPSA) is 81.7 Å². The van der Waals surface area contributed by atoms with E-state index in [1.165, 1.54) is 17.4 Å². The highest BCUT2D eigenvalue weighted by Gasteiger charge is 2.23. The standard InChI is InChI=1S/C24H21NO5S/c1-2-29-24(28)22-19(18-11-7-4-8-12-18)16-31-23(22)25-20(26)15-30-21(27)14-13-17-9-5-3-6-10-17/h3-14,16H,2,15H2,1H3,(H,25,26). The largest absolute Gasteiger partial charge is 0.462 e. The summed E-state index contributed by atoms with van der Waals surface area (Å²) in [5.41, 5.74) is 2.62. The summed E-state index contributed by atoms with van der Waals surface area (Å²) in [7, 11) is 0. The lowest BCUT2D eigenvalue weighted by atomic mass is 10.0. The smallest absolute Gasteiger partial charge is 0.341 e. The molecule has 0 saturated heterocycles.